The molecule has 0 spiro atoms. The number of rotatable bonds is 5. The number of hydrogen-bond acceptors (Lipinski definition) is 2. The average molecular weight is 253 g/mol. The molecule has 1 saturated carbocycles. The van der Waals surface area contributed by atoms with Gasteiger partial charge in [-0.05, 0) is 37.5 Å². The van der Waals surface area contributed by atoms with Crippen LogP contribution in [0.15, 0.2) is 18.2 Å². The molecule has 1 N–H and O–H groups in total. The zero-order valence-electron chi connectivity index (χ0n) is 10.8. The Bertz CT molecular complexity index is 386. The minimum absolute atomic E-state index is 0.514. The van der Waals surface area contributed by atoms with Gasteiger partial charge in [-0.15, -0.1) is 0 Å². The smallest absolute Gasteiger partial charge is 0.0597 e. The predicted octanol–water partition coefficient (Wildman–Crippen LogP) is 4.01. The van der Waals surface area contributed by atoms with Gasteiger partial charge < -0.3 is 10.2 Å². The summed E-state index contributed by atoms with van der Waals surface area (Å²) in [5.74, 6) is 0.944. The van der Waals surface area contributed by atoms with E-state index in [9.17, 15) is 0 Å². The number of benzene rings is 1. The van der Waals surface area contributed by atoms with Crippen LogP contribution in [0.2, 0.25) is 5.02 Å². The first-order valence-electron chi connectivity index (χ1n) is 6.29. The van der Waals surface area contributed by atoms with Crippen molar-refractivity contribution in [2.45, 2.75) is 32.2 Å². The SMILES string of the molecule is CC(CC1CC1)Nc1cc(Cl)ccc1N(C)C. The first-order valence-corrected chi connectivity index (χ1v) is 6.67. The van der Waals surface area contributed by atoms with Crippen LogP contribution in [-0.4, -0.2) is 20.1 Å². The Morgan fingerprint density at radius 3 is 2.71 bits per heavy atom. The van der Waals surface area contributed by atoms with Gasteiger partial charge in [0.1, 0.15) is 0 Å². The van der Waals surface area contributed by atoms with Gasteiger partial charge in [0.15, 0.2) is 0 Å². The predicted molar refractivity (Wildman–Crippen MR) is 76.2 cm³/mol. The Morgan fingerprint density at radius 1 is 1.41 bits per heavy atom. The summed E-state index contributed by atoms with van der Waals surface area (Å²) in [4.78, 5) is 2.11. The largest absolute Gasteiger partial charge is 0.381 e. The molecule has 0 heterocycles. The summed E-state index contributed by atoms with van der Waals surface area (Å²) in [6.07, 6.45) is 4.07. The van der Waals surface area contributed by atoms with Gasteiger partial charge in [-0.1, -0.05) is 24.4 Å². The topological polar surface area (TPSA) is 15.3 Å². The van der Waals surface area contributed by atoms with Gasteiger partial charge in [-0.2, -0.15) is 0 Å². The average Bonchev–Trinajstić information content (AvgIpc) is 3.00. The molecular weight excluding hydrogens is 232 g/mol. The molecule has 2 nitrogen and oxygen atoms in total. The second-order valence-electron chi connectivity index (χ2n) is 5.28. The molecule has 94 valence electrons. The monoisotopic (exact) mass is 252 g/mol. The summed E-state index contributed by atoms with van der Waals surface area (Å²) in [5.41, 5.74) is 2.33. The quantitative estimate of drug-likeness (QED) is 0.852. The van der Waals surface area contributed by atoms with Crippen LogP contribution in [0, 0.1) is 5.92 Å². The Kier molecular flexibility index (Phi) is 3.82. The highest BCUT2D eigenvalue weighted by atomic mass is 35.5. The lowest BCUT2D eigenvalue weighted by Gasteiger charge is -2.22. The zero-order valence-corrected chi connectivity index (χ0v) is 11.6. The van der Waals surface area contributed by atoms with Gasteiger partial charge in [-0.3, -0.25) is 0 Å². The molecular formula is C14H21ClN2. The minimum atomic E-state index is 0.514. The van der Waals surface area contributed by atoms with E-state index in [0.717, 1.165) is 16.6 Å². The second-order valence-corrected chi connectivity index (χ2v) is 5.72. The van der Waals surface area contributed by atoms with E-state index in [4.69, 9.17) is 11.6 Å². The maximum absolute atomic E-state index is 6.06. The zero-order chi connectivity index (χ0) is 12.4. The van der Waals surface area contributed by atoms with E-state index < -0.39 is 0 Å². The molecule has 0 saturated heterocycles. The molecule has 1 atom stereocenters. The lowest BCUT2D eigenvalue weighted by molar-refractivity contribution is 0.642. The summed E-state index contributed by atoms with van der Waals surface area (Å²) in [6.45, 7) is 2.25. The molecule has 0 amide bonds. The Hall–Kier alpha value is -0.890. The first-order chi connectivity index (χ1) is 8.06. The molecule has 1 aliphatic carbocycles. The van der Waals surface area contributed by atoms with Gasteiger partial charge >= 0.3 is 0 Å². The third kappa shape index (κ3) is 3.53. The standard InChI is InChI=1S/C14H21ClN2/c1-10(8-11-4-5-11)16-13-9-12(15)6-7-14(13)17(2)3/h6-7,9-11,16H,4-5,8H2,1-3H3. The van der Waals surface area contributed by atoms with Crippen LogP contribution in [0.5, 0.6) is 0 Å². The molecule has 0 radical (unpaired) electrons. The van der Waals surface area contributed by atoms with Gasteiger partial charge in [-0.25, -0.2) is 0 Å². The lowest BCUT2D eigenvalue weighted by Crippen LogP contribution is -2.19. The molecule has 17 heavy (non-hydrogen) atoms. The van der Waals surface area contributed by atoms with E-state index in [1.807, 2.05) is 12.1 Å². The van der Waals surface area contributed by atoms with Crippen LogP contribution in [-0.2, 0) is 0 Å². The summed E-state index contributed by atoms with van der Waals surface area (Å²) >= 11 is 6.06. The van der Waals surface area contributed by atoms with E-state index in [1.54, 1.807) is 0 Å². The second kappa shape index (κ2) is 5.18. The molecule has 1 aliphatic rings. The van der Waals surface area contributed by atoms with Gasteiger partial charge in [0, 0.05) is 25.2 Å². The summed E-state index contributed by atoms with van der Waals surface area (Å²) in [6, 6.07) is 6.53. The van der Waals surface area contributed by atoms with E-state index >= 15 is 0 Å². The first kappa shape index (κ1) is 12.6. The molecule has 2 rings (SSSR count). The van der Waals surface area contributed by atoms with Crippen LogP contribution < -0.4 is 10.2 Å². The maximum atomic E-state index is 6.06. The highest BCUT2D eigenvalue weighted by Crippen LogP contribution is 2.35. The highest BCUT2D eigenvalue weighted by molar-refractivity contribution is 6.31. The van der Waals surface area contributed by atoms with Crippen molar-refractivity contribution in [3.63, 3.8) is 0 Å². The Morgan fingerprint density at radius 2 is 2.12 bits per heavy atom. The van der Waals surface area contributed by atoms with Crippen molar-refractivity contribution in [1.29, 1.82) is 0 Å². The van der Waals surface area contributed by atoms with Crippen molar-refractivity contribution in [1.82, 2.24) is 0 Å². The van der Waals surface area contributed by atoms with Gasteiger partial charge in [0.25, 0.3) is 0 Å². The third-order valence-electron chi connectivity index (χ3n) is 3.23. The summed E-state index contributed by atoms with van der Waals surface area (Å²) in [7, 11) is 4.11. The molecule has 0 bridgehead atoms. The van der Waals surface area contributed by atoms with E-state index in [-0.39, 0.29) is 0 Å². The fourth-order valence-electron chi connectivity index (χ4n) is 2.19. The summed E-state index contributed by atoms with van der Waals surface area (Å²) < 4.78 is 0. The van der Waals surface area contributed by atoms with Crippen molar-refractivity contribution in [3.8, 4) is 0 Å². The van der Waals surface area contributed by atoms with Crippen molar-refractivity contribution in [2.24, 2.45) is 5.92 Å². The number of halogens is 1. The number of nitrogens with one attached hydrogen (secondary N) is 1. The number of anilines is 2. The maximum Gasteiger partial charge on any atom is 0.0597 e. The number of nitrogens with zero attached hydrogens (tertiary/aromatic N) is 1. The molecule has 1 unspecified atom stereocenters. The van der Waals surface area contributed by atoms with Gasteiger partial charge in [0.05, 0.1) is 11.4 Å². The minimum Gasteiger partial charge on any atom is -0.381 e. The Labute approximate surface area is 109 Å². The summed E-state index contributed by atoms with van der Waals surface area (Å²) in [5, 5.41) is 4.37. The molecule has 1 aromatic rings. The number of hydrogen-bond donors (Lipinski definition) is 1. The van der Waals surface area contributed by atoms with Crippen molar-refractivity contribution in [3.05, 3.63) is 23.2 Å². The van der Waals surface area contributed by atoms with Crippen molar-refractivity contribution >= 4 is 23.0 Å². The van der Waals surface area contributed by atoms with Crippen molar-refractivity contribution < 1.29 is 0 Å². The van der Waals surface area contributed by atoms with E-state index in [2.05, 4.69) is 37.3 Å². The molecule has 1 fully saturated rings. The fourth-order valence-corrected chi connectivity index (χ4v) is 2.36. The lowest BCUT2D eigenvalue weighted by atomic mass is 10.1. The van der Waals surface area contributed by atoms with Crippen LogP contribution >= 0.6 is 11.6 Å². The molecule has 1 aromatic carbocycles. The fraction of sp³-hybridized carbons (Fsp3) is 0.571. The third-order valence-corrected chi connectivity index (χ3v) is 3.46. The van der Waals surface area contributed by atoms with E-state index in [1.165, 1.54) is 24.9 Å². The molecule has 0 aliphatic heterocycles. The normalized spacial score (nSPS) is 16.7. The Balaban J connectivity index is 2.08. The van der Waals surface area contributed by atoms with Crippen LogP contribution in [0.4, 0.5) is 11.4 Å². The van der Waals surface area contributed by atoms with Crippen LogP contribution in [0.3, 0.4) is 0 Å². The van der Waals surface area contributed by atoms with Crippen LogP contribution in [0.1, 0.15) is 26.2 Å². The van der Waals surface area contributed by atoms with Crippen molar-refractivity contribution in [2.75, 3.05) is 24.3 Å². The van der Waals surface area contributed by atoms with Crippen LogP contribution in [0.25, 0.3) is 0 Å². The van der Waals surface area contributed by atoms with Gasteiger partial charge in [0.2, 0.25) is 0 Å². The molecule has 3 heteroatoms. The highest BCUT2D eigenvalue weighted by Gasteiger charge is 2.23. The van der Waals surface area contributed by atoms with E-state index in [0.29, 0.717) is 6.04 Å². The molecule has 0 aromatic heterocycles.